The van der Waals surface area contributed by atoms with Crippen LogP contribution in [0.3, 0.4) is 0 Å². The molecule has 0 aliphatic heterocycles. The minimum Gasteiger partial charge on any atom is -0.313 e. The van der Waals surface area contributed by atoms with Crippen LogP contribution in [0, 0.1) is 17.8 Å². The van der Waals surface area contributed by atoms with E-state index in [1.54, 1.807) is 0 Å². The van der Waals surface area contributed by atoms with Gasteiger partial charge < -0.3 is 5.32 Å². The van der Waals surface area contributed by atoms with Gasteiger partial charge in [0.2, 0.25) is 0 Å². The maximum atomic E-state index is 3.54. The Morgan fingerprint density at radius 2 is 2.07 bits per heavy atom. The van der Waals surface area contributed by atoms with Crippen LogP contribution in [0.15, 0.2) is 0 Å². The van der Waals surface area contributed by atoms with Gasteiger partial charge in [-0.2, -0.15) is 0 Å². The van der Waals surface area contributed by atoms with Gasteiger partial charge in [0.15, 0.2) is 0 Å². The van der Waals surface area contributed by atoms with Crippen LogP contribution in [0.25, 0.3) is 0 Å². The summed E-state index contributed by atoms with van der Waals surface area (Å²) in [7, 11) is 0. The summed E-state index contributed by atoms with van der Waals surface area (Å²) in [6.45, 7) is 5.18. The van der Waals surface area contributed by atoms with E-state index in [1.165, 1.54) is 32.1 Å². The highest BCUT2D eigenvalue weighted by molar-refractivity contribution is 4.98. The number of nitrogens with one attached hydrogen (secondary N) is 1. The molecule has 14 heavy (non-hydrogen) atoms. The lowest BCUT2D eigenvalue weighted by molar-refractivity contribution is 0.396. The molecule has 0 aromatic rings. The molecule has 0 aromatic carbocycles. The normalized spacial score (nSPS) is 19.0. The summed E-state index contributed by atoms with van der Waals surface area (Å²) in [6, 6.07) is 0.635. The first kappa shape index (κ1) is 11.6. The van der Waals surface area contributed by atoms with Crippen molar-refractivity contribution in [1.82, 2.24) is 5.32 Å². The van der Waals surface area contributed by atoms with Gasteiger partial charge in [0.25, 0.3) is 0 Å². The minimum atomic E-state index is 0.635. The molecule has 0 aromatic heterocycles. The third-order valence-corrected chi connectivity index (χ3v) is 3.11. The van der Waals surface area contributed by atoms with Crippen LogP contribution in [0.2, 0.25) is 0 Å². The molecule has 0 bridgehead atoms. The second kappa shape index (κ2) is 6.90. The average molecular weight is 193 g/mol. The molecule has 1 saturated carbocycles. The summed E-state index contributed by atoms with van der Waals surface area (Å²) in [6.07, 6.45) is 8.15. The summed E-state index contributed by atoms with van der Waals surface area (Å²) in [5, 5.41) is 3.54. The fourth-order valence-electron chi connectivity index (χ4n) is 2.40. The molecule has 1 aliphatic carbocycles. The van der Waals surface area contributed by atoms with E-state index in [0.717, 1.165) is 18.9 Å². The summed E-state index contributed by atoms with van der Waals surface area (Å²) in [5.41, 5.74) is 0. The third kappa shape index (κ3) is 4.15. The van der Waals surface area contributed by atoms with E-state index in [0.29, 0.717) is 6.04 Å². The van der Waals surface area contributed by atoms with Gasteiger partial charge >= 0.3 is 0 Å². The lowest BCUT2D eigenvalue weighted by Gasteiger charge is -2.19. The van der Waals surface area contributed by atoms with Crippen molar-refractivity contribution < 1.29 is 0 Å². The maximum absolute atomic E-state index is 3.54. The summed E-state index contributed by atoms with van der Waals surface area (Å²) < 4.78 is 0. The van der Waals surface area contributed by atoms with Crippen molar-refractivity contribution >= 4 is 0 Å². The Kier molecular flexibility index (Phi) is 5.71. The Labute approximate surface area is 88.7 Å². The Morgan fingerprint density at radius 1 is 1.36 bits per heavy atom. The molecule has 1 unspecified atom stereocenters. The van der Waals surface area contributed by atoms with Crippen LogP contribution in [-0.4, -0.2) is 12.6 Å². The van der Waals surface area contributed by atoms with E-state index in [-0.39, 0.29) is 0 Å². The smallest absolute Gasteiger partial charge is 0.0243 e. The molecule has 0 saturated heterocycles. The van der Waals surface area contributed by atoms with Crippen molar-refractivity contribution in [2.45, 2.75) is 58.4 Å². The first-order chi connectivity index (χ1) is 6.86. The second-order valence-electron chi connectivity index (χ2n) is 4.27. The third-order valence-electron chi connectivity index (χ3n) is 3.11. The van der Waals surface area contributed by atoms with Crippen LogP contribution < -0.4 is 5.32 Å². The zero-order chi connectivity index (χ0) is 10.2. The highest BCUT2D eigenvalue weighted by Gasteiger charge is 2.18. The molecule has 0 heterocycles. The Morgan fingerprint density at radius 3 is 2.64 bits per heavy atom. The van der Waals surface area contributed by atoms with E-state index >= 15 is 0 Å². The average Bonchev–Trinajstić information content (AvgIpc) is 2.67. The minimum absolute atomic E-state index is 0.635. The molecule has 1 fully saturated rings. The van der Waals surface area contributed by atoms with E-state index in [2.05, 4.69) is 24.1 Å². The first-order valence-corrected chi connectivity index (χ1v) is 5.99. The number of hydrogen-bond acceptors (Lipinski definition) is 1. The summed E-state index contributed by atoms with van der Waals surface area (Å²) in [5.74, 6) is 7.16. The Bertz CT molecular complexity index is 193. The number of hydrogen-bond donors (Lipinski definition) is 1. The topological polar surface area (TPSA) is 12.0 Å². The Balaban J connectivity index is 2.27. The Hall–Kier alpha value is -0.480. The van der Waals surface area contributed by atoms with Crippen molar-refractivity contribution in [2.24, 2.45) is 5.92 Å². The summed E-state index contributed by atoms with van der Waals surface area (Å²) in [4.78, 5) is 0. The van der Waals surface area contributed by atoms with E-state index < -0.39 is 0 Å². The van der Waals surface area contributed by atoms with Crippen molar-refractivity contribution in [3.8, 4) is 11.8 Å². The van der Waals surface area contributed by atoms with Gasteiger partial charge in [-0.3, -0.25) is 0 Å². The van der Waals surface area contributed by atoms with Gasteiger partial charge in [0.1, 0.15) is 0 Å². The van der Waals surface area contributed by atoms with Crippen molar-refractivity contribution in [1.29, 1.82) is 0 Å². The zero-order valence-corrected chi connectivity index (χ0v) is 9.60. The molecule has 0 amide bonds. The molecular weight excluding hydrogens is 170 g/mol. The van der Waals surface area contributed by atoms with Gasteiger partial charge in [-0.1, -0.05) is 32.6 Å². The molecule has 1 atom stereocenters. The van der Waals surface area contributed by atoms with Gasteiger partial charge in [-0.15, -0.1) is 11.8 Å². The lowest BCUT2D eigenvalue weighted by atomic mass is 9.96. The standard InChI is InChI=1S/C13H23N/c1-3-5-10-13(14-4-2)11-12-8-6-7-9-12/h12-14H,4,6-11H2,1-2H3. The molecule has 1 rings (SSSR count). The zero-order valence-electron chi connectivity index (χ0n) is 9.60. The highest BCUT2D eigenvalue weighted by Crippen LogP contribution is 2.28. The van der Waals surface area contributed by atoms with Crippen molar-refractivity contribution in [3.05, 3.63) is 0 Å². The molecule has 1 aliphatic rings. The molecule has 1 heteroatoms. The van der Waals surface area contributed by atoms with Gasteiger partial charge in [-0.05, 0) is 25.8 Å². The van der Waals surface area contributed by atoms with E-state index in [1.807, 2.05) is 6.92 Å². The molecular formula is C13H23N. The van der Waals surface area contributed by atoms with Crippen molar-refractivity contribution in [3.63, 3.8) is 0 Å². The van der Waals surface area contributed by atoms with Crippen LogP contribution in [0.5, 0.6) is 0 Å². The largest absolute Gasteiger partial charge is 0.313 e. The molecule has 80 valence electrons. The molecule has 0 radical (unpaired) electrons. The van der Waals surface area contributed by atoms with Crippen LogP contribution >= 0.6 is 0 Å². The van der Waals surface area contributed by atoms with Crippen LogP contribution in [0.1, 0.15) is 52.4 Å². The molecule has 1 N–H and O–H groups in total. The highest BCUT2D eigenvalue weighted by atomic mass is 14.9. The van der Waals surface area contributed by atoms with E-state index in [9.17, 15) is 0 Å². The predicted octanol–water partition coefficient (Wildman–Crippen LogP) is 2.96. The maximum Gasteiger partial charge on any atom is 0.0243 e. The lowest BCUT2D eigenvalue weighted by Crippen LogP contribution is -2.30. The fraction of sp³-hybridized carbons (Fsp3) is 0.846. The van der Waals surface area contributed by atoms with Crippen molar-refractivity contribution in [2.75, 3.05) is 6.54 Å². The predicted molar refractivity (Wildman–Crippen MR) is 62.1 cm³/mol. The first-order valence-electron chi connectivity index (χ1n) is 5.99. The van der Waals surface area contributed by atoms with Crippen LogP contribution in [-0.2, 0) is 0 Å². The molecule has 0 spiro atoms. The van der Waals surface area contributed by atoms with E-state index in [4.69, 9.17) is 0 Å². The second-order valence-corrected chi connectivity index (χ2v) is 4.27. The van der Waals surface area contributed by atoms with Gasteiger partial charge in [0.05, 0.1) is 0 Å². The van der Waals surface area contributed by atoms with Gasteiger partial charge in [0, 0.05) is 12.5 Å². The quantitative estimate of drug-likeness (QED) is 0.662. The van der Waals surface area contributed by atoms with Crippen LogP contribution in [0.4, 0.5) is 0 Å². The summed E-state index contributed by atoms with van der Waals surface area (Å²) >= 11 is 0. The fourth-order valence-corrected chi connectivity index (χ4v) is 2.40. The number of rotatable bonds is 5. The SMILES string of the molecule is CC#CCC(CC1CCCC1)NCC. The van der Waals surface area contributed by atoms with Gasteiger partial charge in [-0.25, -0.2) is 0 Å². The monoisotopic (exact) mass is 193 g/mol. The molecule has 1 nitrogen and oxygen atoms in total.